The predicted octanol–water partition coefficient (Wildman–Crippen LogP) is 1.38. The Morgan fingerprint density at radius 1 is 1.32 bits per heavy atom. The predicted molar refractivity (Wildman–Crippen MR) is 73.8 cm³/mol. The average Bonchev–Trinajstić information content (AvgIpc) is 2.62. The first-order valence-electron chi connectivity index (χ1n) is 7.24. The Morgan fingerprint density at radius 3 is 2.68 bits per heavy atom. The molecular formula is C14H26N2O3. The summed E-state index contributed by atoms with van der Waals surface area (Å²) in [4.78, 5) is 23.1. The van der Waals surface area contributed by atoms with E-state index in [9.17, 15) is 9.59 Å². The minimum atomic E-state index is -0.831. The monoisotopic (exact) mass is 270 g/mol. The van der Waals surface area contributed by atoms with E-state index in [0.29, 0.717) is 12.3 Å². The molecule has 1 amide bonds. The maximum atomic E-state index is 12.0. The Bertz CT molecular complexity index is 297. The summed E-state index contributed by atoms with van der Waals surface area (Å²) in [5, 5.41) is 15.1. The fourth-order valence-electron chi connectivity index (χ4n) is 2.44. The van der Waals surface area contributed by atoms with Gasteiger partial charge in [0.05, 0.1) is 12.0 Å². The summed E-state index contributed by atoms with van der Waals surface area (Å²) in [5.74, 6) is -1.07. The lowest BCUT2D eigenvalue weighted by molar-refractivity contribution is -0.142. The molecule has 1 fully saturated rings. The van der Waals surface area contributed by atoms with E-state index in [1.165, 1.54) is 0 Å². The summed E-state index contributed by atoms with van der Waals surface area (Å²) in [5.41, 5.74) is 0. The van der Waals surface area contributed by atoms with Gasteiger partial charge in [-0.2, -0.15) is 0 Å². The van der Waals surface area contributed by atoms with Crippen molar-refractivity contribution in [2.75, 3.05) is 13.1 Å². The second-order valence-corrected chi connectivity index (χ2v) is 5.77. The maximum Gasteiger partial charge on any atom is 0.308 e. The SMILES string of the molecule is CC(C)CC(CNC(=O)C1CCCCCN1)C(=O)O. The van der Waals surface area contributed by atoms with Crippen LogP contribution in [-0.4, -0.2) is 36.1 Å². The van der Waals surface area contributed by atoms with Gasteiger partial charge in [-0.3, -0.25) is 9.59 Å². The van der Waals surface area contributed by atoms with Crippen molar-refractivity contribution < 1.29 is 14.7 Å². The Balaban J connectivity index is 2.39. The van der Waals surface area contributed by atoms with Crippen molar-refractivity contribution in [1.29, 1.82) is 0 Å². The van der Waals surface area contributed by atoms with Crippen LogP contribution >= 0.6 is 0 Å². The Kier molecular flexibility index (Phi) is 6.84. The molecule has 1 rings (SSSR count). The molecule has 1 saturated heterocycles. The molecule has 5 nitrogen and oxygen atoms in total. The molecule has 3 N–H and O–H groups in total. The Hall–Kier alpha value is -1.10. The van der Waals surface area contributed by atoms with Crippen LogP contribution < -0.4 is 10.6 Å². The molecule has 0 spiro atoms. The molecule has 0 aromatic heterocycles. The van der Waals surface area contributed by atoms with Gasteiger partial charge in [-0.1, -0.05) is 26.7 Å². The first-order chi connectivity index (χ1) is 9.00. The maximum absolute atomic E-state index is 12.0. The summed E-state index contributed by atoms with van der Waals surface area (Å²) in [6.07, 6.45) is 4.75. The number of rotatable bonds is 6. The van der Waals surface area contributed by atoms with E-state index in [2.05, 4.69) is 10.6 Å². The smallest absolute Gasteiger partial charge is 0.308 e. The lowest BCUT2D eigenvalue weighted by Crippen LogP contribution is -2.46. The van der Waals surface area contributed by atoms with E-state index >= 15 is 0 Å². The topological polar surface area (TPSA) is 78.4 Å². The van der Waals surface area contributed by atoms with E-state index in [-0.39, 0.29) is 18.5 Å². The summed E-state index contributed by atoms with van der Waals surface area (Å²) >= 11 is 0. The van der Waals surface area contributed by atoms with E-state index in [1.54, 1.807) is 0 Å². The minimum Gasteiger partial charge on any atom is -0.481 e. The summed E-state index contributed by atoms with van der Waals surface area (Å²) in [6, 6.07) is -0.156. The van der Waals surface area contributed by atoms with E-state index < -0.39 is 11.9 Å². The zero-order valence-electron chi connectivity index (χ0n) is 11.9. The number of hydrogen-bond donors (Lipinski definition) is 3. The van der Waals surface area contributed by atoms with Gasteiger partial charge in [0.1, 0.15) is 0 Å². The van der Waals surface area contributed by atoms with Gasteiger partial charge in [-0.05, 0) is 31.7 Å². The molecule has 0 radical (unpaired) electrons. The van der Waals surface area contributed by atoms with Crippen molar-refractivity contribution in [2.24, 2.45) is 11.8 Å². The van der Waals surface area contributed by atoms with Crippen molar-refractivity contribution in [3.63, 3.8) is 0 Å². The molecule has 0 saturated carbocycles. The highest BCUT2D eigenvalue weighted by atomic mass is 16.4. The third-order valence-corrected chi connectivity index (χ3v) is 3.50. The number of hydrogen-bond acceptors (Lipinski definition) is 3. The van der Waals surface area contributed by atoms with Gasteiger partial charge >= 0.3 is 5.97 Å². The van der Waals surface area contributed by atoms with Crippen molar-refractivity contribution in [1.82, 2.24) is 10.6 Å². The van der Waals surface area contributed by atoms with Crippen LogP contribution in [-0.2, 0) is 9.59 Å². The quantitative estimate of drug-likeness (QED) is 0.681. The van der Waals surface area contributed by atoms with Crippen molar-refractivity contribution in [3.05, 3.63) is 0 Å². The molecule has 5 heteroatoms. The Labute approximate surface area is 115 Å². The molecule has 110 valence electrons. The lowest BCUT2D eigenvalue weighted by Gasteiger charge is -2.19. The van der Waals surface area contributed by atoms with E-state index in [1.807, 2.05) is 13.8 Å². The Morgan fingerprint density at radius 2 is 2.05 bits per heavy atom. The van der Waals surface area contributed by atoms with Crippen LogP contribution in [0.15, 0.2) is 0 Å². The number of carbonyl (C=O) groups is 2. The van der Waals surface area contributed by atoms with Gasteiger partial charge in [0, 0.05) is 6.54 Å². The molecular weight excluding hydrogens is 244 g/mol. The van der Waals surface area contributed by atoms with Crippen molar-refractivity contribution >= 4 is 11.9 Å². The van der Waals surface area contributed by atoms with E-state index in [4.69, 9.17) is 5.11 Å². The highest BCUT2D eigenvalue weighted by molar-refractivity contribution is 5.82. The minimum absolute atomic E-state index is 0.0584. The molecule has 1 aliphatic rings. The number of carboxylic acids is 1. The van der Waals surface area contributed by atoms with Gasteiger partial charge in [0.25, 0.3) is 0 Å². The molecule has 2 atom stereocenters. The highest BCUT2D eigenvalue weighted by Crippen LogP contribution is 2.12. The molecule has 19 heavy (non-hydrogen) atoms. The molecule has 1 heterocycles. The molecule has 0 bridgehead atoms. The second kappa shape index (κ2) is 8.15. The largest absolute Gasteiger partial charge is 0.481 e. The first-order valence-corrected chi connectivity index (χ1v) is 7.24. The number of amides is 1. The second-order valence-electron chi connectivity index (χ2n) is 5.77. The van der Waals surface area contributed by atoms with Crippen LogP contribution in [0.25, 0.3) is 0 Å². The van der Waals surface area contributed by atoms with Gasteiger partial charge < -0.3 is 15.7 Å². The zero-order valence-corrected chi connectivity index (χ0v) is 11.9. The van der Waals surface area contributed by atoms with Crippen molar-refractivity contribution in [2.45, 2.75) is 52.0 Å². The standard InChI is InChI=1S/C14H26N2O3/c1-10(2)8-11(14(18)19)9-16-13(17)12-6-4-3-5-7-15-12/h10-12,15H,3-9H2,1-2H3,(H,16,17)(H,18,19). The summed E-state index contributed by atoms with van der Waals surface area (Å²) in [7, 11) is 0. The summed E-state index contributed by atoms with van der Waals surface area (Å²) in [6.45, 7) is 5.08. The number of carbonyl (C=O) groups excluding carboxylic acids is 1. The van der Waals surface area contributed by atoms with Gasteiger partial charge in [0.15, 0.2) is 0 Å². The lowest BCUT2D eigenvalue weighted by atomic mass is 9.97. The number of nitrogens with one attached hydrogen (secondary N) is 2. The van der Waals surface area contributed by atoms with Gasteiger partial charge in [0.2, 0.25) is 5.91 Å². The van der Waals surface area contributed by atoms with Crippen LogP contribution in [0.5, 0.6) is 0 Å². The van der Waals surface area contributed by atoms with Gasteiger partial charge in [-0.15, -0.1) is 0 Å². The van der Waals surface area contributed by atoms with Crippen LogP contribution in [0.2, 0.25) is 0 Å². The number of carboxylic acid groups (broad SMARTS) is 1. The molecule has 1 aliphatic heterocycles. The molecule has 0 aromatic rings. The van der Waals surface area contributed by atoms with Crippen LogP contribution in [0.3, 0.4) is 0 Å². The fraction of sp³-hybridized carbons (Fsp3) is 0.857. The third-order valence-electron chi connectivity index (χ3n) is 3.50. The molecule has 0 aliphatic carbocycles. The average molecular weight is 270 g/mol. The molecule has 2 unspecified atom stereocenters. The first kappa shape index (κ1) is 16.0. The van der Waals surface area contributed by atoms with Crippen molar-refractivity contribution in [3.8, 4) is 0 Å². The third kappa shape index (κ3) is 6.05. The normalized spacial score (nSPS) is 21.7. The summed E-state index contributed by atoms with van der Waals surface area (Å²) < 4.78 is 0. The molecule has 0 aromatic carbocycles. The highest BCUT2D eigenvalue weighted by Gasteiger charge is 2.23. The van der Waals surface area contributed by atoms with Gasteiger partial charge in [-0.25, -0.2) is 0 Å². The van der Waals surface area contributed by atoms with E-state index in [0.717, 1.165) is 32.2 Å². The van der Waals surface area contributed by atoms with Crippen LogP contribution in [0, 0.1) is 11.8 Å². The van der Waals surface area contributed by atoms with Crippen LogP contribution in [0.4, 0.5) is 0 Å². The van der Waals surface area contributed by atoms with Crippen LogP contribution in [0.1, 0.15) is 46.0 Å². The number of aliphatic carboxylic acids is 1. The fourth-order valence-corrected chi connectivity index (χ4v) is 2.44. The zero-order chi connectivity index (χ0) is 14.3.